The molecule has 1 aliphatic rings. The zero-order valence-corrected chi connectivity index (χ0v) is 12.1. The Bertz CT molecular complexity index is 481. The van der Waals surface area contributed by atoms with Crippen molar-refractivity contribution in [3.8, 4) is 0 Å². The van der Waals surface area contributed by atoms with Crippen molar-refractivity contribution in [2.45, 2.75) is 31.6 Å². The van der Waals surface area contributed by atoms with E-state index < -0.39 is 10.0 Å². The van der Waals surface area contributed by atoms with Gasteiger partial charge < -0.3 is 5.32 Å². The van der Waals surface area contributed by atoms with Crippen molar-refractivity contribution in [1.29, 1.82) is 0 Å². The molecule has 0 amide bonds. The van der Waals surface area contributed by atoms with Crippen molar-refractivity contribution in [2.75, 3.05) is 13.1 Å². The van der Waals surface area contributed by atoms with E-state index >= 15 is 0 Å². The maximum atomic E-state index is 12.1. The van der Waals surface area contributed by atoms with Crippen LogP contribution in [0.5, 0.6) is 0 Å². The van der Waals surface area contributed by atoms with Crippen LogP contribution >= 0.6 is 0 Å². The number of piperidine rings is 1. The molecule has 1 aromatic rings. The van der Waals surface area contributed by atoms with Crippen LogP contribution in [0.1, 0.15) is 25.3 Å². The van der Waals surface area contributed by atoms with Crippen molar-refractivity contribution in [3.63, 3.8) is 0 Å². The summed E-state index contributed by atoms with van der Waals surface area (Å²) in [4.78, 5) is 0. The van der Waals surface area contributed by atoms with E-state index in [9.17, 15) is 8.42 Å². The second kappa shape index (κ2) is 6.50. The van der Waals surface area contributed by atoms with E-state index in [-0.39, 0.29) is 11.8 Å². The maximum absolute atomic E-state index is 12.1. The molecule has 2 atom stereocenters. The van der Waals surface area contributed by atoms with Crippen molar-refractivity contribution < 1.29 is 8.42 Å². The van der Waals surface area contributed by atoms with Gasteiger partial charge in [0.25, 0.3) is 0 Å². The smallest absolute Gasteiger partial charge is 0.216 e. The number of hydrogen-bond acceptors (Lipinski definition) is 3. The number of hydrogen-bond donors (Lipinski definition) is 2. The van der Waals surface area contributed by atoms with E-state index in [4.69, 9.17) is 0 Å². The number of benzene rings is 1. The SMILES string of the molecule is CC(NS(=O)(=O)Cc1ccccc1)C1CCCNC1. The minimum Gasteiger partial charge on any atom is -0.316 e. The fourth-order valence-electron chi connectivity index (χ4n) is 2.52. The van der Waals surface area contributed by atoms with Crippen molar-refractivity contribution in [3.05, 3.63) is 35.9 Å². The minimum absolute atomic E-state index is 0.0125. The van der Waals surface area contributed by atoms with Crippen molar-refractivity contribution >= 4 is 10.0 Å². The van der Waals surface area contributed by atoms with Gasteiger partial charge in [0, 0.05) is 6.04 Å². The zero-order valence-electron chi connectivity index (χ0n) is 11.3. The summed E-state index contributed by atoms with van der Waals surface area (Å²) in [5.74, 6) is 0.442. The van der Waals surface area contributed by atoms with Crippen LogP contribution in [0.25, 0.3) is 0 Å². The molecule has 1 heterocycles. The molecule has 2 unspecified atom stereocenters. The van der Waals surface area contributed by atoms with Crippen LogP contribution in [-0.4, -0.2) is 27.5 Å². The van der Waals surface area contributed by atoms with Gasteiger partial charge in [0.1, 0.15) is 0 Å². The van der Waals surface area contributed by atoms with Crippen LogP contribution < -0.4 is 10.0 Å². The lowest BCUT2D eigenvalue weighted by atomic mass is 9.94. The molecule has 19 heavy (non-hydrogen) atoms. The van der Waals surface area contributed by atoms with Gasteiger partial charge in [-0.05, 0) is 44.3 Å². The van der Waals surface area contributed by atoms with E-state index in [1.165, 1.54) is 0 Å². The van der Waals surface area contributed by atoms with Crippen LogP contribution in [0, 0.1) is 5.92 Å². The molecule has 1 fully saturated rings. The first-order chi connectivity index (χ1) is 9.07. The summed E-state index contributed by atoms with van der Waals surface area (Å²) in [6.45, 7) is 3.90. The number of rotatable bonds is 5. The number of nitrogens with one attached hydrogen (secondary N) is 2. The third-order valence-electron chi connectivity index (χ3n) is 3.61. The predicted octanol–water partition coefficient (Wildman–Crippen LogP) is 1.49. The Morgan fingerprint density at radius 1 is 1.37 bits per heavy atom. The van der Waals surface area contributed by atoms with Crippen molar-refractivity contribution in [2.24, 2.45) is 5.92 Å². The van der Waals surface area contributed by atoms with Gasteiger partial charge in [0.2, 0.25) is 10.0 Å². The van der Waals surface area contributed by atoms with Crippen LogP contribution in [0.15, 0.2) is 30.3 Å². The molecular formula is C14H22N2O2S. The lowest BCUT2D eigenvalue weighted by Gasteiger charge is -2.28. The molecule has 4 nitrogen and oxygen atoms in total. The van der Waals surface area contributed by atoms with Gasteiger partial charge in [-0.1, -0.05) is 30.3 Å². The summed E-state index contributed by atoms with van der Waals surface area (Å²) in [5.41, 5.74) is 0.823. The summed E-state index contributed by atoms with van der Waals surface area (Å²) in [6.07, 6.45) is 2.21. The molecule has 0 aliphatic carbocycles. The van der Waals surface area contributed by atoms with Gasteiger partial charge in [0.05, 0.1) is 5.75 Å². The monoisotopic (exact) mass is 282 g/mol. The lowest BCUT2D eigenvalue weighted by Crippen LogP contribution is -2.44. The Hall–Kier alpha value is -0.910. The Morgan fingerprint density at radius 3 is 2.74 bits per heavy atom. The van der Waals surface area contributed by atoms with Crippen LogP contribution in [-0.2, 0) is 15.8 Å². The van der Waals surface area contributed by atoms with Gasteiger partial charge in [-0.3, -0.25) is 0 Å². The highest BCUT2D eigenvalue weighted by Gasteiger charge is 2.24. The average molecular weight is 282 g/mol. The highest BCUT2D eigenvalue weighted by molar-refractivity contribution is 7.88. The topological polar surface area (TPSA) is 58.2 Å². The van der Waals surface area contributed by atoms with E-state index in [0.29, 0.717) is 5.92 Å². The van der Waals surface area contributed by atoms with E-state index in [1.54, 1.807) is 0 Å². The van der Waals surface area contributed by atoms with E-state index in [1.807, 2.05) is 37.3 Å². The van der Waals surface area contributed by atoms with Crippen molar-refractivity contribution in [1.82, 2.24) is 10.0 Å². The first kappa shape index (κ1) is 14.5. The number of sulfonamides is 1. The Balaban J connectivity index is 1.93. The summed E-state index contributed by atoms with van der Waals surface area (Å²) < 4.78 is 27.0. The standard InChI is InChI=1S/C14H22N2O2S/c1-12(14-8-5-9-15-10-14)16-19(17,18)11-13-6-3-2-4-7-13/h2-4,6-7,12,14-16H,5,8-11H2,1H3. The second-order valence-corrected chi connectivity index (χ2v) is 7.01. The molecule has 1 saturated heterocycles. The molecule has 0 saturated carbocycles. The first-order valence-corrected chi connectivity index (χ1v) is 8.47. The summed E-state index contributed by atoms with van der Waals surface area (Å²) in [6, 6.07) is 9.28. The lowest BCUT2D eigenvalue weighted by molar-refractivity contribution is 0.320. The zero-order chi connectivity index (χ0) is 13.7. The Morgan fingerprint density at radius 2 is 2.11 bits per heavy atom. The minimum atomic E-state index is -3.26. The predicted molar refractivity (Wildman–Crippen MR) is 77.3 cm³/mol. The Kier molecular flexibility index (Phi) is 4.96. The molecule has 1 aliphatic heterocycles. The fraction of sp³-hybridized carbons (Fsp3) is 0.571. The second-order valence-electron chi connectivity index (χ2n) is 5.26. The average Bonchev–Trinajstić information content (AvgIpc) is 2.39. The van der Waals surface area contributed by atoms with Gasteiger partial charge in [0.15, 0.2) is 0 Å². The largest absolute Gasteiger partial charge is 0.316 e. The molecule has 2 rings (SSSR count). The first-order valence-electron chi connectivity index (χ1n) is 6.81. The molecule has 0 radical (unpaired) electrons. The maximum Gasteiger partial charge on any atom is 0.216 e. The fourth-order valence-corrected chi connectivity index (χ4v) is 3.99. The normalized spacial score (nSPS) is 22.1. The van der Waals surface area contributed by atoms with E-state index in [2.05, 4.69) is 10.0 Å². The third kappa shape index (κ3) is 4.60. The van der Waals surface area contributed by atoms with Crippen LogP contribution in [0.2, 0.25) is 0 Å². The highest BCUT2D eigenvalue weighted by atomic mass is 32.2. The van der Waals surface area contributed by atoms with Gasteiger partial charge >= 0.3 is 0 Å². The van der Waals surface area contributed by atoms with Crippen LogP contribution in [0.4, 0.5) is 0 Å². The van der Waals surface area contributed by atoms with E-state index in [0.717, 1.165) is 31.5 Å². The molecular weight excluding hydrogens is 260 g/mol. The van der Waals surface area contributed by atoms with Gasteiger partial charge in [-0.25, -0.2) is 13.1 Å². The van der Waals surface area contributed by atoms with Gasteiger partial charge in [-0.15, -0.1) is 0 Å². The summed E-state index contributed by atoms with van der Waals surface area (Å²) >= 11 is 0. The van der Waals surface area contributed by atoms with Gasteiger partial charge in [-0.2, -0.15) is 0 Å². The molecule has 2 N–H and O–H groups in total. The third-order valence-corrected chi connectivity index (χ3v) is 5.05. The molecule has 0 bridgehead atoms. The summed E-state index contributed by atoms with van der Waals surface area (Å²) in [7, 11) is -3.26. The molecule has 0 spiro atoms. The summed E-state index contributed by atoms with van der Waals surface area (Å²) in [5, 5.41) is 3.32. The molecule has 0 aromatic heterocycles. The molecule has 1 aromatic carbocycles. The molecule has 106 valence electrons. The highest BCUT2D eigenvalue weighted by Crippen LogP contribution is 2.15. The molecule has 5 heteroatoms. The van der Waals surface area contributed by atoms with Crippen LogP contribution in [0.3, 0.4) is 0 Å². The quantitative estimate of drug-likeness (QED) is 0.860. The Labute approximate surface area is 115 Å².